The van der Waals surface area contributed by atoms with E-state index in [0.29, 0.717) is 28.0 Å². The number of carbonyl (C=O) groups excluding carboxylic acids is 2. The number of Topliss-reactive ketones (excluding diaryl/α,β-unsaturated/α-hetero) is 1. The number of para-hydroxylation sites is 1. The molecule has 1 aliphatic heterocycles. The highest BCUT2D eigenvalue weighted by Gasteiger charge is 2.33. The van der Waals surface area contributed by atoms with Crippen LogP contribution in [0.5, 0.6) is 5.75 Å². The van der Waals surface area contributed by atoms with E-state index in [9.17, 15) is 9.59 Å². The van der Waals surface area contributed by atoms with Crippen molar-refractivity contribution in [1.82, 2.24) is 4.98 Å². The zero-order chi connectivity index (χ0) is 16.7. The van der Waals surface area contributed by atoms with Crippen molar-refractivity contribution in [2.24, 2.45) is 0 Å². The van der Waals surface area contributed by atoms with E-state index in [4.69, 9.17) is 4.74 Å². The Hall–Kier alpha value is -3.41. The van der Waals surface area contributed by atoms with E-state index in [1.165, 1.54) is 0 Å². The topological polar surface area (TPSA) is 80.3 Å². The maximum atomic E-state index is 12.2. The third kappa shape index (κ3) is 2.16. The number of hydrogen-bond acceptors (Lipinski definition) is 5. The first kappa shape index (κ1) is 14.2. The largest absolute Gasteiger partial charge is 0.497 e. The summed E-state index contributed by atoms with van der Waals surface area (Å²) < 4.78 is 5.13. The summed E-state index contributed by atoms with van der Waals surface area (Å²) in [6.45, 7) is 0. The van der Waals surface area contributed by atoms with Crippen LogP contribution in [0.2, 0.25) is 0 Å². The molecule has 6 heteroatoms. The number of nitrogens with one attached hydrogen (secondary N) is 2. The Balaban J connectivity index is 1.85. The summed E-state index contributed by atoms with van der Waals surface area (Å²) in [6.07, 6.45) is 0. The fourth-order valence-corrected chi connectivity index (χ4v) is 2.75. The summed E-state index contributed by atoms with van der Waals surface area (Å²) in [6, 6.07) is 14.5. The van der Waals surface area contributed by atoms with E-state index in [-0.39, 0.29) is 0 Å². The third-order valence-corrected chi connectivity index (χ3v) is 3.92. The molecule has 0 saturated heterocycles. The molecule has 0 atom stereocenters. The smallest absolute Gasteiger partial charge is 0.296 e. The van der Waals surface area contributed by atoms with Crippen molar-refractivity contribution in [3.63, 3.8) is 0 Å². The van der Waals surface area contributed by atoms with Gasteiger partial charge in [-0.25, -0.2) is 4.98 Å². The highest BCUT2D eigenvalue weighted by molar-refractivity contribution is 6.54. The Kier molecular flexibility index (Phi) is 3.16. The SMILES string of the molecule is COc1ccc(Nc2nc3ccccc3c3c2NC(=O)C3=O)cc1. The number of fused-ring (bicyclic) bond motifs is 3. The second kappa shape index (κ2) is 5.34. The molecule has 1 aliphatic rings. The van der Waals surface area contributed by atoms with Gasteiger partial charge in [-0.05, 0) is 30.3 Å². The molecule has 0 fully saturated rings. The van der Waals surface area contributed by atoms with Crippen LogP contribution in [0.15, 0.2) is 48.5 Å². The Bertz CT molecular complexity index is 981. The highest BCUT2D eigenvalue weighted by Crippen LogP contribution is 2.36. The number of nitrogens with zero attached hydrogens (tertiary/aromatic N) is 1. The van der Waals surface area contributed by atoms with E-state index in [2.05, 4.69) is 15.6 Å². The Morgan fingerprint density at radius 1 is 1.04 bits per heavy atom. The molecule has 1 amide bonds. The highest BCUT2D eigenvalue weighted by atomic mass is 16.5. The maximum Gasteiger partial charge on any atom is 0.296 e. The number of benzene rings is 2. The summed E-state index contributed by atoms with van der Waals surface area (Å²) in [5.74, 6) is -0.00360. The number of ketones is 1. The van der Waals surface area contributed by atoms with Crippen LogP contribution >= 0.6 is 0 Å². The molecule has 2 N–H and O–H groups in total. The predicted molar refractivity (Wildman–Crippen MR) is 91.0 cm³/mol. The van der Waals surface area contributed by atoms with Gasteiger partial charge < -0.3 is 15.4 Å². The average molecular weight is 319 g/mol. The molecule has 0 saturated carbocycles. The van der Waals surface area contributed by atoms with Crippen molar-refractivity contribution in [3.8, 4) is 5.75 Å². The van der Waals surface area contributed by atoms with Gasteiger partial charge in [0, 0.05) is 11.1 Å². The van der Waals surface area contributed by atoms with Crippen molar-refractivity contribution in [2.45, 2.75) is 0 Å². The summed E-state index contributed by atoms with van der Waals surface area (Å²) in [4.78, 5) is 28.6. The standard InChI is InChI=1S/C18H13N3O3/c1-24-11-8-6-10(7-9-11)19-17-15-14(16(22)18(23)21-15)12-4-2-3-5-13(12)20-17/h2-9H,1H3,(H,19,20)(H,21,22,23). The molecule has 4 rings (SSSR count). The van der Waals surface area contributed by atoms with Crippen molar-refractivity contribution in [2.75, 3.05) is 17.7 Å². The number of ether oxygens (including phenoxy) is 1. The lowest BCUT2D eigenvalue weighted by Gasteiger charge is -2.12. The van der Waals surface area contributed by atoms with E-state index in [1.54, 1.807) is 13.2 Å². The van der Waals surface area contributed by atoms with Crippen LogP contribution in [0.3, 0.4) is 0 Å². The second-order valence-corrected chi connectivity index (χ2v) is 5.36. The monoisotopic (exact) mass is 319 g/mol. The zero-order valence-electron chi connectivity index (χ0n) is 12.8. The molecule has 1 aromatic heterocycles. The van der Waals surface area contributed by atoms with Gasteiger partial charge in [-0.15, -0.1) is 0 Å². The first-order valence-electron chi connectivity index (χ1n) is 7.37. The zero-order valence-corrected chi connectivity index (χ0v) is 12.8. The summed E-state index contributed by atoms with van der Waals surface area (Å²) in [5.41, 5.74) is 2.20. The first-order valence-corrected chi connectivity index (χ1v) is 7.37. The lowest BCUT2D eigenvalue weighted by Crippen LogP contribution is -2.12. The van der Waals surface area contributed by atoms with Gasteiger partial charge in [0.2, 0.25) is 0 Å². The fraction of sp³-hybridized carbons (Fsp3) is 0.0556. The van der Waals surface area contributed by atoms with Crippen LogP contribution in [0, 0.1) is 0 Å². The molecule has 6 nitrogen and oxygen atoms in total. The number of carbonyl (C=O) groups is 2. The normalized spacial score (nSPS) is 12.9. The van der Waals surface area contributed by atoms with Gasteiger partial charge in [-0.1, -0.05) is 18.2 Å². The number of amides is 1. The first-order chi connectivity index (χ1) is 11.7. The molecule has 118 valence electrons. The number of rotatable bonds is 3. The number of hydrogen-bond donors (Lipinski definition) is 2. The molecule has 0 bridgehead atoms. The Morgan fingerprint density at radius 3 is 2.54 bits per heavy atom. The van der Waals surface area contributed by atoms with E-state index in [0.717, 1.165) is 11.4 Å². The van der Waals surface area contributed by atoms with Crippen LogP contribution in [0.25, 0.3) is 10.9 Å². The molecule has 0 radical (unpaired) electrons. The third-order valence-electron chi connectivity index (χ3n) is 3.92. The Morgan fingerprint density at radius 2 is 1.79 bits per heavy atom. The molecule has 0 aliphatic carbocycles. The van der Waals surface area contributed by atoms with Gasteiger partial charge >= 0.3 is 0 Å². The number of pyridine rings is 1. The molecule has 3 aromatic rings. The van der Waals surface area contributed by atoms with E-state index in [1.807, 2.05) is 42.5 Å². The maximum absolute atomic E-state index is 12.2. The summed E-state index contributed by atoms with van der Waals surface area (Å²) >= 11 is 0. The minimum atomic E-state index is -0.638. The lowest BCUT2D eigenvalue weighted by molar-refractivity contribution is -0.112. The van der Waals surface area contributed by atoms with E-state index < -0.39 is 11.7 Å². The predicted octanol–water partition coefficient (Wildman–Crippen LogP) is 3.12. The van der Waals surface area contributed by atoms with Crippen molar-refractivity contribution in [3.05, 3.63) is 54.1 Å². The molecule has 2 heterocycles. The van der Waals surface area contributed by atoms with Gasteiger partial charge in [-0.2, -0.15) is 0 Å². The van der Waals surface area contributed by atoms with Crippen LogP contribution in [0.4, 0.5) is 17.2 Å². The number of aromatic nitrogens is 1. The van der Waals surface area contributed by atoms with Gasteiger partial charge in [-0.3, -0.25) is 9.59 Å². The molecule has 0 spiro atoms. The van der Waals surface area contributed by atoms with Crippen LogP contribution < -0.4 is 15.4 Å². The minimum absolute atomic E-state index is 0.363. The lowest BCUT2D eigenvalue weighted by atomic mass is 10.1. The average Bonchev–Trinajstić information content (AvgIpc) is 2.91. The molecule has 0 unspecified atom stereocenters. The van der Waals surface area contributed by atoms with E-state index >= 15 is 0 Å². The fourth-order valence-electron chi connectivity index (χ4n) is 2.75. The van der Waals surface area contributed by atoms with Crippen molar-refractivity contribution >= 4 is 39.8 Å². The second-order valence-electron chi connectivity index (χ2n) is 5.36. The molecule has 24 heavy (non-hydrogen) atoms. The Labute approximate surface area is 137 Å². The molecular weight excluding hydrogens is 306 g/mol. The number of methoxy groups -OCH3 is 1. The van der Waals surface area contributed by atoms with Gasteiger partial charge in [0.15, 0.2) is 5.82 Å². The summed E-state index contributed by atoms with van der Waals surface area (Å²) in [7, 11) is 1.60. The quantitative estimate of drug-likeness (QED) is 0.725. The van der Waals surface area contributed by atoms with Crippen LogP contribution in [-0.4, -0.2) is 23.8 Å². The van der Waals surface area contributed by atoms with Crippen molar-refractivity contribution in [1.29, 1.82) is 0 Å². The van der Waals surface area contributed by atoms with Gasteiger partial charge in [0.05, 0.1) is 23.9 Å². The van der Waals surface area contributed by atoms with Gasteiger partial charge in [0.1, 0.15) is 5.75 Å². The van der Waals surface area contributed by atoms with Crippen LogP contribution in [-0.2, 0) is 4.79 Å². The van der Waals surface area contributed by atoms with Crippen molar-refractivity contribution < 1.29 is 14.3 Å². The molecule has 2 aromatic carbocycles. The molecular formula is C18H13N3O3. The number of anilines is 3. The van der Waals surface area contributed by atoms with Gasteiger partial charge in [0.25, 0.3) is 11.7 Å². The summed E-state index contributed by atoms with van der Waals surface area (Å²) in [5, 5.41) is 6.43. The van der Waals surface area contributed by atoms with Crippen LogP contribution in [0.1, 0.15) is 10.4 Å². The minimum Gasteiger partial charge on any atom is -0.497 e.